The largest absolute Gasteiger partial charge is 0.497 e. The van der Waals surface area contributed by atoms with E-state index in [0.717, 1.165) is 36.4 Å². The number of ketones is 1. The summed E-state index contributed by atoms with van der Waals surface area (Å²) < 4.78 is 5.24. The van der Waals surface area contributed by atoms with Crippen LogP contribution >= 0.6 is 0 Å². The van der Waals surface area contributed by atoms with E-state index in [4.69, 9.17) is 4.74 Å². The zero-order valence-corrected chi connectivity index (χ0v) is 13.6. The minimum Gasteiger partial charge on any atom is -0.497 e. The van der Waals surface area contributed by atoms with Crippen LogP contribution < -0.4 is 4.74 Å². The Kier molecular flexibility index (Phi) is 4.23. The fourth-order valence-corrected chi connectivity index (χ4v) is 3.96. The highest BCUT2D eigenvalue weighted by atomic mass is 16.5. The van der Waals surface area contributed by atoms with Crippen molar-refractivity contribution in [1.82, 2.24) is 4.90 Å². The van der Waals surface area contributed by atoms with Crippen molar-refractivity contribution in [3.63, 3.8) is 0 Å². The second-order valence-electron chi connectivity index (χ2n) is 6.48. The molecule has 0 radical (unpaired) electrons. The summed E-state index contributed by atoms with van der Waals surface area (Å²) in [7, 11) is 1.68. The molecule has 0 bridgehead atoms. The molecule has 0 N–H and O–H groups in total. The van der Waals surface area contributed by atoms with Crippen molar-refractivity contribution >= 4 is 11.5 Å². The van der Waals surface area contributed by atoms with E-state index in [1.54, 1.807) is 7.11 Å². The Morgan fingerprint density at radius 2 is 2.05 bits per heavy atom. The molecule has 118 valence electrons. The van der Waals surface area contributed by atoms with Crippen LogP contribution in [0.3, 0.4) is 0 Å². The van der Waals surface area contributed by atoms with E-state index in [2.05, 4.69) is 24.0 Å². The van der Waals surface area contributed by atoms with Gasteiger partial charge in [0.1, 0.15) is 5.75 Å². The number of carbonyl (C=O) groups excluding carboxylic acids is 1. The molecule has 0 spiro atoms. The van der Waals surface area contributed by atoms with Crippen molar-refractivity contribution in [2.75, 3.05) is 13.7 Å². The lowest BCUT2D eigenvalue weighted by Crippen LogP contribution is -2.47. The third kappa shape index (κ3) is 2.65. The van der Waals surface area contributed by atoms with Crippen LogP contribution in [0.1, 0.15) is 51.0 Å². The number of nitrogens with zero attached hydrogens (tertiary/aromatic N) is 1. The van der Waals surface area contributed by atoms with Gasteiger partial charge in [-0.3, -0.25) is 4.79 Å². The van der Waals surface area contributed by atoms with Gasteiger partial charge in [-0.2, -0.15) is 0 Å². The SMILES string of the molecule is CCCC[C@]12CCCN1C(c1ccc(OC)cc1)=CC(=O)C2. The molecule has 1 saturated heterocycles. The van der Waals surface area contributed by atoms with E-state index in [1.165, 1.54) is 19.3 Å². The molecular weight excluding hydrogens is 274 g/mol. The Hall–Kier alpha value is -1.77. The molecule has 1 aromatic rings. The van der Waals surface area contributed by atoms with Crippen LogP contribution in [0.15, 0.2) is 30.3 Å². The molecule has 2 aliphatic rings. The number of allylic oxidation sites excluding steroid dienone is 1. The van der Waals surface area contributed by atoms with Gasteiger partial charge in [-0.15, -0.1) is 0 Å². The number of rotatable bonds is 5. The monoisotopic (exact) mass is 299 g/mol. The van der Waals surface area contributed by atoms with E-state index in [0.29, 0.717) is 6.42 Å². The quantitative estimate of drug-likeness (QED) is 0.822. The summed E-state index contributed by atoms with van der Waals surface area (Å²) >= 11 is 0. The van der Waals surface area contributed by atoms with Gasteiger partial charge in [0.05, 0.1) is 7.11 Å². The Bertz CT molecular complexity index is 576. The van der Waals surface area contributed by atoms with E-state index in [9.17, 15) is 4.79 Å². The fourth-order valence-electron chi connectivity index (χ4n) is 3.96. The van der Waals surface area contributed by atoms with Crippen molar-refractivity contribution in [2.24, 2.45) is 0 Å². The molecule has 0 unspecified atom stereocenters. The first-order valence-electron chi connectivity index (χ1n) is 8.35. The van der Waals surface area contributed by atoms with Crippen LogP contribution in [0, 0.1) is 0 Å². The highest BCUT2D eigenvalue weighted by Crippen LogP contribution is 2.45. The highest BCUT2D eigenvalue weighted by molar-refractivity contribution is 5.99. The molecule has 0 amide bonds. The second kappa shape index (κ2) is 6.15. The summed E-state index contributed by atoms with van der Waals surface area (Å²) in [6, 6.07) is 8.07. The summed E-state index contributed by atoms with van der Waals surface area (Å²) in [6.07, 6.45) is 8.37. The fraction of sp³-hybridized carbons (Fsp3) is 0.526. The molecule has 0 aliphatic carbocycles. The second-order valence-corrected chi connectivity index (χ2v) is 6.48. The van der Waals surface area contributed by atoms with E-state index in [-0.39, 0.29) is 11.3 Å². The summed E-state index contributed by atoms with van der Waals surface area (Å²) in [4.78, 5) is 14.9. The van der Waals surface area contributed by atoms with Gasteiger partial charge < -0.3 is 9.64 Å². The molecule has 22 heavy (non-hydrogen) atoms. The third-order valence-corrected chi connectivity index (χ3v) is 5.07. The van der Waals surface area contributed by atoms with Gasteiger partial charge in [-0.1, -0.05) is 19.8 Å². The molecule has 2 aliphatic heterocycles. The molecule has 1 fully saturated rings. The molecule has 0 saturated carbocycles. The molecule has 3 rings (SSSR count). The number of methoxy groups -OCH3 is 1. The van der Waals surface area contributed by atoms with Gasteiger partial charge in [0, 0.05) is 30.3 Å². The average molecular weight is 299 g/mol. The standard InChI is InChI=1S/C19H25NO2/c1-3-4-10-19-11-5-12-20(19)18(13-16(21)14-19)15-6-8-17(22-2)9-7-15/h6-9,13H,3-5,10-12,14H2,1-2H3/t19-/m1/s1. The van der Waals surface area contributed by atoms with Gasteiger partial charge in [0.2, 0.25) is 0 Å². The summed E-state index contributed by atoms with van der Waals surface area (Å²) in [6.45, 7) is 3.29. The zero-order valence-electron chi connectivity index (χ0n) is 13.6. The number of fused-ring (bicyclic) bond motifs is 1. The van der Waals surface area contributed by atoms with Crippen molar-refractivity contribution in [2.45, 2.75) is 51.0 Å². The zero-order chi connectivity index (χ0) is 15.6. The van der Waals surface area contributed by atoms with E-state index < -0.39 is 0 Å². The van der Waals surface area contributed by atoms with E-state index in [1.807, 2.05) is 18.2 Å². The number of hydrogen-bond acceptors (Lipinski definition) is 3. The smallest absolute Gasteiger partial charge is 0.160 e. The lowest BCUT2D eigenvalue weighted by atomic mass is 9.81. The molecule has 1 atom stereocenters. The van der Waals surface area contributed by atoms with Crippen molar-refractivity contribution in [3.05, 3.63) is 35.9 Å². The molecular formula is C19H25NO2. The van der Waals surface area contributed by atoms with Crippen LogP contribution in [0.25, 0.3) is 5.70 Å². The first-order valence-corrected chi connectivity index (χ1v) is 8.35. The van der Waals surface area contributed by atoms with Crippen LogP contribution in [0.2, 0.25) is 0 Å². The predicted molar refractivity (Wildman–Crippen MR) is 88.8 cm³/mol. The summed E-state index contributed by atoms with van der Waals surface area (Å²) in [5, 5.41) is 0. The van der Waals surface area contributed by atoms with Crippen LogP contribution in [-0.4, -0.2) is 29.9 Å². The summed E-state index contributed by atoms with van der Waals surface area (Å²) in [5.74, 6) is 1.13. The minimum absolute atomic E-state index is 0.0666. The molecule has 3 heteroatoms. The van der Waals surface area contributed by atoms with E-state index >= 15 is 0 Å². The number of benzene rings is 1. The van der Waals surface area contributed by atoms with Gasteiger partial charge in [-0.25, -0.2) is 0 Å². The maximum atomic E-state index is 12.4. The topological polar surface area (TPSA) is 29.5 Å². The van der Waals surface area contributed by atoms with Gasteiger partial charge in [-0.05, 0) is 49.1 Å². The number of hydrogen-bond donors (Lipinski definition) is 0. The van der Waals surface area contributed by atoms with Gasteiger partial charge >= 0.3 is 0 Å². The molecule has 0 aromatic heterocycles. The molecule has 3 nitrogen and oxygen atoms in total. The molecule has 1 aromatic carbocycles. The van der Waals surface area contributed by atoms with Crippen molar-refractivity contribution in [3.8, 4) is 5.75 Å². The predicted octanol–water partition coefficient (Wildman–Crippen LogP) is 4.03. The number of ether oxygens (including phenoxy) is 1. The lowest BCUT2D eigenvalue weighted by Gasteiger charge is -2.44. The summed E-state index contributed by atoms with van der Waals surface area (Å²) in [5.41, 5.74) is 2.29. The average Bonchev–Trinajstić information content (AvgIpc) is 2.96. The third-order valence-electron chi connectivity index (χ3n) is 5.07. The Labute approximate surface area is 133 Å². The lowest BCUT2D eigenvalue weighted by molar-refractivity contribution is -0.117. The Morgan fingerprint density at radius 3 is 2.73 bits per heavy atom. The van der Waals surface area contributed by atoms with Crippen LogP contribution in [0.5, 0.6) is 5.75 Å². The first kappa shape index (κ1) is 15.1. The van der Waals surface area contributed by atoms with Crippen molar-refractivity contribution < 1.29 is 9.53 Å². The Morgan fingerprint density at radius 1 is 1.27 bits per heavy atom. The number of unbranched alkanes of at least 4 members (excludes halogenated alkanes) is 1. The normalized spacial score (nSPS) is 24.2. The van der Waals surface area contributed by atoms with Crippen LogP contribution in [-0.2, 0) is 4.79 Å². The molecule has 2 heterocycles. The van der Waals surface area contributed by atoms with Gasteiger partial charge in [0.15, 0.2) is 5.78 Å². The minimum atomic E-state index is 0.0666. The van der Waals surface area contributed by atoms with Crippen LogP contribution in [0.4, 0.5) is 0 Å². The van der Waals surface area contributed by atoms with Crippen molar-refractivity contribution in [1.29, 1.82) is 0 Å². The van der Waals surface area contributed by atoms with Gasteiger partial charge in [0.25, 0.3) is 0 Å². The first-order chi connectivity index (χ1) is 10.7. The Balaban J connectivity index is 1.94. The maximum absolute atomic E-state index is 12.4. The maximum Gasteiger partial charge on any atom is 0.160 e. The highest BCUT2D eigenvalue weighted by Gasteiger charge is 2.45. The number of carbonyl (C=O) groups is 1.